The molecular formula is C14H15N5O7. The van der Waals surface area contributed by atoms with Crippen molar-refractivity contribution in [1.29, 1.82) is 0 Å². The maximum absolute atomic E-state index is 12.4. The summed E-state index contributed by atoms with van der Waals surface area (Å²) < 4.78 is 10.9. The third-order valence-electron chi connectivity index (χ3n) is 3.50. The lowest BCUT2D eigenvalue weighted by Gasteiger charge is -2.14. The van der Waals surface area contributed by atoms with E-state index in [1.807, 2.05) is 0 Å². The lowest BCUT2D eigenvalue weighted by molar-refractivity contribution is -0.385. The number of nitrogens with zero attached hydrogens (tertiary/aromatic N) is 4. The molecule has 0 saturated carbocycles. The van der Waals surface area contributed by atoms with Gasteiger partial charge >= 0.3 is 11.6 Å². The number of nitro groups is 2. The van der Waals surface area contributed by atoms with Crippen molar-refractivity contribution in [2.75, 3.05) is 19.5 Å². The average molecular weight is 365 g/mol. The second kappa shape index (κ2) is 7.46. The van der Waals surface area contributed by atoms with Gasteiger partial charge in [-0.3, -0.25) is 25.0 Å². The first-order valence-electron chi connectivity index (χ1n) is 7.19. The topological polar surface area (TPSA) is 152 Å². The van der Waals surface area contributed by atoms with Crippen LogP contribution in [0, 0.1) is 20.2 Å². The van der Waals surface area contributed by atoms with Crippen LogP contribution in [0.3, 0.4) is 0 Å². The van der Waals surface area contributed by atoms with E-state index in [0.717, 1.165) is 10.9 Å². The van der Waals surface area contributed by atoms with Gasteiger partial charge in [-0.15, -0.1) is 5.10 Å². The molecule has 0 aliphatic carbocycles. The summed E-state index contributed by atoms with van der Waals surface area (Å²) in [4.78, 5) is 32.9. The number of hydrogen-bond donors (Lipinski definition) is 1. The van der Waals surface area contributed by atoms with Gasteiger partial charge in [0.1, 0.15) is 18.0 Å². The van der Waals surface area contributed by atoms with Crippen molar-refractivity contribution in [2.45, 2.75) is 13.0 Å². The molecule has 0 aliphatic heterocycles. The molecule has 1 amide bonds. The largest absolute Gasteiger partial charge is 0.494 e. The van der Waals surface area contributed by atoms with Gasteiger partial charge in [0.25, 0.3) is 5.69 Å². The monoisotopic (exact) mass is 365 g/mol. The van der Waals surface area contributed by atoms with E-state index in [0.29, 0.717) is 0 Å². The van der Waals surface area contributed by atoms with Gasteiger partial charge in [-0.1, -0.05) is 0 Å². The molecule has 26 heavy (non-hydrogen) atoms. The molecule has 0 bridgehead atoms. The number of aromatic nitrogens is 2. The normalized spacial score (nSPS) is 11.5. The minimum Gasteiger partial charge on any atom is -0.494 e. The third-order valence-corrected chi connectivity index (χ3v) is 3.50. The molecule has 12 nitrogen and oxygen atoms in total. The summed E-state index contributed by atoms with van der Waals surface area (Å²) in [5.74, 6) is -0.677. The van der Waals surface area contributed by atoms with Gasteiger partial charge in [-0.05, 0) is 13.0 Å². The van der Waals surface area contributed by atoms with Crippen molar-refractivity contribution >= 4 is 23.0 Å². The van der Waals surface area contributed by atoms with Gasteiger partial charge in [0, 0.05) is 6.07 Å². The molecule has 2 rings (SSSR count). The molecule has 1 atom stereocenters. The van der Waals surface area contributed by atoms with E-state index >= 15 is 0 Å². The van der Waals surface area contributed by atoms with Crippen LogP contribution >= 0.6 is 0 Å². The van der Waals surface area contributed by atoms with Crippen molar-refractivity contribution in [3.8, 4) is 11.6 Å². The van der Waals surface area contributed by atoms with Crippen LogP contribution in [0.25, 0.3) is 0 Å². The summed E-state index contributed by atoms with van der Waals surface area (Å²) in [5.41, 5.74) is -0.357. The van der Waals surface area contributed by atoms with Crippen LogP contribution in [0.1, 0.15) is 13.0 Å². The maximum Gasteiger partial charge on any atom is 0.350 e. The Bertz CT molecular complexity index is 863. The zero-order valence-corrected chi connectivity index (χ0v) is 14.0. The number of carbonyl (C=O) groups is 1. The van der Waals surface area contributed by atoms with Crippen molar-refractivity contribution in [3.05, 3.63) is 44.6 Å². The van der Waals surface area contributed by atoms with E-state index in [1.165, 1.54) is 39.3 Å². The summed E-state index contributed by atoms with van der Waals surface area (Å²) in [7, 11) is 2.53. The first-order chi connectivity index (χ1) is 12.3. The Morgan fingerprint density at radius 3 is 2.42 bits per heavy atom. The zero-order chi connectivity index (χ0) is 19.4. The van der Waals surface area contributed by atoms with Crippen molar-refractivity contribution in [2.24, 2.45) is 0 Å². The zero-order valence-electron chi connectivity index (χ0n) is 14.0. The standard InChI is InChI=1S/C14H15N5O7/c1-8(17-7-11(19(23)24)14(16-17)26-3)13(20)15-10-5-4-9(18(21)22)6-12(10)25-2/h4-8H,1-3H3,(H,15,20). The number of anilines is 1. The molecule has 1 unspecified atom stereocenters. The summed E-state index contributed by atoms with van der Waals surface area (Å²) in [6.07, 6.45) is 1.08. The highest BCUT2D eigenvalue weighted by molar-refractivity contribution is 5.95. The van der Waals surface area contributed by atoms with Gasteiger partial charge in [-0.2, -0.15) is 0 Å². The molecule has 1 heterocycles. The number of hydrogen-bond acceptors (Lipinski definition) is 8. The molecule has 1 aromatic heterocycles. The Morgan fingerprint density at radius 1 is 1.23 bits per heavy atom. The predicted molar refractivity (Wildman–Crippen MR) is 88.4 cm³/mol. The SMILES string of the molecule is COc1cc([N+](=O)[O-])ccc1NC(=O)C(C)n1cc([N+](=O)[O-])c(OC)n1. The van der Waals surface area contributed by atoms with Crippen LogP contribution in [0.4, 0.5) is 17.1 Å². The molecule has 0 spiro atoms. The van der Waals surface area contributed by atoms with Gasteiger partial charge < -0.3 is 14.8 Å². The van der Waals surface area contributed by atoms with E-state index in [-0.39, 0.29) is 28.7 Å². The molecule has 1 aromatic carbocycles. The lowest BCUT2D eigenvalue weighted by Crippen LogP contribution is -2.24. The maximum atomic E-state index is 12.4. The highest BCUT2D eigenvalue weighted by Gasteiger charge is 2.26. The van der Waals surface area contributed by atoms with E-state index in [2.05, 4.69) is 10.4 Å². The fourth-order valence-corrected chi connectivity index (χ4v) is 2.09. The summed E-state index contributed by atoms with van der Waals surface area (Å²) in [6, 6.07) is 2.79. The quantitative estimate of drug-likeness (QED) is 0.577. The third kappa shape index (κ3) is 3.68. The first-order valence-corrected chi connectivity index (χ1v) is 7.19. The predicted octanol–water partition coefficient (Wildman–Crippen LogP) is 1.92. The first kappa shape index (κ1) is 18.6. The number of ether oxygens (including phenoxy) is 2. The molecule has 2 aromatic rings. The summed E-state index contributed by atoms with van der Waals surface area (Å²) in [6.45, 7) is 1.48. The average Bonchev–Trinajstić information content (AvgIpc) is 3.05. The molecule has 1 N–H and O–H groups in total. The number of nitro benzene ring substituents is 1. The van der Waals surface area contributed by atoms with E-state index in [4.69, 9.17) is 9.47 Å². The van der Waals surface area contributed by atoms with Gasteiger partial charge in [0.2, 0.25) is 5.91 Å². The molecule has 0 radical (unpaired) electrons. The van der Waals surface area contributed by atoms with Gasteiger partial charge in [0.05, 0.1) is 35.8 Å². The number of nitrogens with one attached hydrogen (secondary N) is 1. The number of benzene rings is 1. The Kier molecular flexibility index (Phi) is 5.35. The van der Waals surface area contributed by atoms with Crippen LogP contribution < -0.4 is 14.8 Å². The number of carbonyl (C=O) groups excluding carboxylic acids is 1. The minimum absolute atomic E-state index is 0.101. The number of rotatable bonds is 7. The Labute approximate surface area is 146 Å². The fourth-order valence-electron chi connectivity index (χ4n) is 2.09. The molecule has 0 aliphatic rings. The van der Waals surface area contributed by atoms with Gasteiger partial charge in [0.15, 0.2) is 0 Å². The highest BCUT2D eigenvalue weighted by atomic mass is 16.6. The van der Waals surface area contributed by atoms with Crippen LogP contribution in [0.15, 0.2) is 24.4 Å². The van der Waals surface area contributed by atoms with Crippen molar-refractivity contribution in [1.82, 2.24) is 9.78 Å². The second-order valence-corrected chi connectivity index (χ2v) is 5.07. The van der Waals surface area contributed by atoms with Crippen LogP contribution in [0.5, 0.6) is 11.6 Å². The van der Waals surface area contributed by atoms with Crippen molar-refractivity contribution in [3.63, 3.8) is 0 Å². The second-order valence-electron chi connectivity index (χ2n) is 5.07. The van der Waals surface area contributed by atoms with Gasteiger partial charge in [-0.25, -0.2) is 4.68 Å². The Hall–Kier alpha value is -3.70. The Morgan fingerprint density at radius 2 is 1.92 bits per heavy atom. The fraction of sp³-hybridized carbons (Fsp3) is 0.286. The minimum atomic E-state index is -0.919. The lowest BCUT2D eigenvalue weighted by atomic mass is 10.2. The number of amides is 1. The van der Waals surface area contributed by atoms with E-state index < -0.39 is 21.8 Å². The van der Waals surface area contributed by atoms with Crippen LogP contribution in [-0.4, -0.2) is 39.8 Å². The number of non-ortho nitro benzene ring substituents is 1. The number of methoxy groups -OCH3 is 2. The van der Waals surface area contributed by atoms with Crippen molar-refractivity contribution < 1.29 is 24.1 Å². The molecule has 0 saturated heterocycles. The Balaban J connectivity index is 2.24. The smallest absolute Gasteiger partial charge is 0.350 e. The molecule has 12 heteroatoms. The highest BCUT2D eigenvalue weighted by Crippen LogP contribution is 2.30. The molecule has 138 valence electrons. The summed E-state index contributed by atoms with van der Waals surface area (Å²) >= 11 is 0. The van der Waals surface area contributed by atoms with E-state index in [1.54, 1.807) is 0 Å². The summed E-state index contributed by atoms with van der Waals surface area (Å²) in [5, 5.41) is 28.2. The van der Waals surface area contributed by atoms with Crippen LogP contribution in [-0.2, 0) is 4.79 Å². The van der Waals surface area contributed by atoms with Crippen LogP contribution in [0.2, 0.25) is 0 Å². The van der Waals surface area contributed by atoms with E-state index in [9.17, 15) is 25.0 Å². The molecular weight excluding hydrogens is 350 g/mol. The molecule has 0 fully saturated rings.